The van der Waals surface area contributed by atoms with E-state index in [1.807, 2.05) is 6.92 Å². The van der Waals surface area contributed by atoms with Crippen molar-refractivity contribution in [3.63, 3.8) is 0 Å². The van der Waals surface area contributed by atoms with Gasteiger partial charge in [-0.05, 0) is 57.7 Å². The summed E-state index contributed by atoms with van der Waals surface area (Å²) in [4.78, 5) is 32.1. The molecule has 1 aliphatic carbocycles. The summed E-state index contributed by atoms with van der Waals surface area (Å²) in [5, 5.41) is 14.1. The first-order chi connectivity index (χ1) is 17.7. The van der Waals surface area contributed by atoms with Gasteiger partial charge in [-0.1, -0.05) is 12.8 Å². The Bertz CT molecular complexity index is 1510. The maximum absolute atomic E-state index is 13.5. The number of aromatic amines is 1. The van der Waals surface area contributed by atoms with Crippen LogP contribution in [0.1, 0.15) is 62.9 Å². The molecule has 5 rings (SSSR count). The molecule has 37 heavy (non-hydrogen) atoms. The summed E-state index contributed by atoms with van der Waals surface area (Å²) >= 11 is 0. The number of fused-ring (bicyclic) bond motifs is 1. The van der Waals surface area contributed by atoms with Crippen molar-refractivity contribution in [1.29, 1.82) is 0 Å². The van der Waals surface area contributed by atoms with E-state index in [0.717, 1.165) is 31.5 Å². The van der Waals surface area contributed by atoms with Crippen LogP contribution in [0.15, 0.2) is 27.9 Å². The molecule has 1 unspecified atom stereocenters. The fraction of sp³-hybridized carbons (Fsp3) is 0.520. The van der Waals surface area contributed by atoms with Crippen LogP contribution in [-0.2, 0) is 14.8 Å². The fourth-order valence-electron chi connectivity index (χ4n) is 5.41. The third kappa shape index (κ3) is 4.63. The topological polar surface area (TPSA) is 147 Å². The summed E-state index contributed by atoms with van der Waals surface area (Å²) in [6.07, 6.45) is 5.07. The molecule has 0 amide bonds. The van der Waals surface area contributed by atoms with Gasteiger partial charge in [0, 0.05) is 19.0 Å². The zero-order chi connectivity index (χ0) is 26.3. The number of imidazole rings is 1. The van der Waals surface area contributed by atoms with E-state index in [-0.39, 0.29) is 35.3 Å². The van der Waals surface area contributed by atoms with E-state index in [2.05, 4.69) is 9.97 Å². The summed E-state index contributed by atoms with van der Waals surface area (Å²) in [5.74, 6) is -0.238. The molecular formula is C25H31N5O6S. The highest BCUT2D eigenvalue weighted by atomic mass is 32.2. The molecule has 1 atom stereocenters. The molecule has 2 fully saturated rings. The third-order valence-corrected chi connectivity index (χ3v) is 9.16. The number of hydrogen-bond donors (Lipinski definition) is 2. The van der Waals surface area contributed by atoms with Gasteiger partial charge in [-0.3, -0.25) is 9.59 Å². The molecule has 2 N–H and O–H groups in total. The normalized spacial score (nSPS) is 19.5. The number of aryl methyl sites for hydroxylation is 1. The van der Waals surface area contributed by atoms with Crippen LogP contribution in [0, 0.1) is 12.8 Å². The van der Waals surface area contributed by atoms with Crippen molar-refractivity contribution < 1.29 is 23.1 Å². The molecule has 1 saturated carbocycles. The van der Waals surface area contributed by atoms with Gasteiger partial charge in [-0.15, -0.1) is 5.10 Å². The average Bonchev–Trinajstić information content (AvgIpc) is 3.52. The molecule has 1 saturated heterocycles. The molecule has 0 radical (unpaired) electrons. The monoisotopic (exact) mass is 529 g/mol. The van der Waals surface area contributed by atoms with E-state index in [1.54, 1.807) is 17.5 Å². The van der Waals surface area contributed by atoms with Crippen LogP contribution in [0.3, 0.4) is 0 Å². The first kappa shape index (κ1) is 25.4. The lowest BCUT2D eigenvalue weighted by Crippen LogP contribution is -2.42. The van der Waals surface area contributed by atoms with Gasteiger partial charge >= 0.3 is 5.97 Å². The molecule has 1 aliphatic heterocycles. The summed E-state index contributed by atoms with van der Waals surface area (Å²) in [6.45, 7) is 4.09. The van der Waals surface area contributed by atoms with Crippen LogP contribution in [0.4, 0.5) is 0 Å². The van der Waals surface area contributed by atoms with Gasteiger partial charge in [-0.2, -0.15) is 4.31 Å². The van der Waals surface area contributed by atoms with Gasteiger partial charge in [-0.25, -0.2) is 17.9 Å². The first-order valence-corrected chi connectivity index (χ1v) is 14.1. The van der Waals surface area contributed by atoms with Crippen molar-refractivity contribution in [2.75, 3.05) is 19.7 Å². The van der Waals surface area contributed by atoms with Crippen molar-refractivity contribution in [1.82, 2.24) is 23.9 Å². The summed E-state index contributed by atoms with van der Waals surface area (Å²) in [7, 11) is -3.98. The van der Waals surface area contributed by atoms with E-state index >= 15 is 0 Å². The second-order valence-electron chi connectivity index (χ2n) is 9.73. The molecule has 12 heteroatoms. The largest absolute Gasteiger partial charge is 0.493 e. The van der Waals surface area contributed by atoms with Crippen molar-refractivity contribution in [3.05, 3.63) is 40.1 Å². The highest BCUT2D eigenvalue weighted by molar-refractivity contribution is 7.89. The first-order valence-electron chi connectivity index (χ1n) is 12.7. The van der Waals surface area contributed by atoms with Crippen LogP contribution in [-0.4, -0.2) is 63.1 Å². The number of nitrogens with zero attached hydrogens (tertiary/aromatic N) is 4. The Morgan fingerprint density at radius 2 is 1.97 bits per heavy atom. The molecule has 198 valence electrons. The second-order valence-corrected chi connectivity index (χ2v) is 11.7. The third-order valence-electron chi connectivity index (χ3n) is 7.30. The minimum absolute atomic E-state index is 0.0161. The molecule has 1 aromatic carbocycles. The SMILES string of the molecule is CCOc1ccc(S(=O)(=O)N2CCCC(C(=O)O)C2)cc1-c1nn2c(C3CCCC3)nc(C)c2c(=O)[nH]1. The van der Waals surface area contributed by atoms with Crippen LogP contribution >= 0.6 is 0 Å². The van der Waals surface area contributed by atoms with E-state index in [9.17, 15) is 23.1 Å². The van der Waals surface area contributed by atoms with Crippen molar-refractivity contribution >= 4 is 21.5 Å². The fourth-order valence-corrected chi connectivity index (χ4v) is 6.96. The van der Waals surface area contributed by atoms with Crippen molar-refractivity contribution in [2.45, 2.75) is 63.2 Å². The molecular weight excluding hydrogens is 498 g/mol. The number of rotatable bonds is 7. The number of benzene rings is 1. The highest BCUT2D eigenvalue weighted by Crippen LogP contribution is 2.35. The van der Waals surface area contributed by atoms with E-state index < -0.39 is 21.9 Å². The quantitative estimate of drug-likeness (QED) is 0.475. The van der Waals surface area contributed by atoms with Gasteiger partial charge in [0.2, 0.25) is 10.0 Å². The second kappa shape index (κ2) is 9.90. The molecule has 0 bridgehead atoms. The van der Waals surface area contributed by atoms with Crippen molar-refractivity contribution in [3.8, 4) is 17.1 Å². The maximum Gasteiger partial charge on any atom is 0.307 e. The number of carboxylic acid groups (broad SMARTS) is 1. The number of ether oxygens (including phenoxy) is 1. The zero-order valence-electron chi connectivity index (χ0n) is 20.9. The Morgan fingerprint density at radius 3 is 2.68 bits per heavy atom. The zero-order valence-corrected chi connectivity index (χ0v) is 21.8. The highest BCUT2D eigenvalue weighted by Gasteiger charge is 2.34. The minimum atomic E-state index is -3.98. The van der Waals surface area contributed by atoms with Gasteiger partial charge < -0.3 is 14.8 Å². The van der Waals surface area contributed by atoms with Crippen LogP contribution < -0.4 is 10.3 Å². The number of aromatic nitrogens is 4. The van der Waals surface area contributed by atoms with Crippen LogP contribution in [0.5, 0.6) is 5.75 Å². The van der Waals surface area contributed by atoms with E-state index in [0.29, 0.717) is 42.0 Å². The predicted octanol–water partition coefficient (Wildman–Crippen LogP) is 2.93. The van der Waals surface area contributed by atoms with Crippen molar-refractivity contribution in [2.24, 2.45) is 5.92 Å². The number of aliphatic carboxylic acids is 1. The lowest BCUT2D eigenvalue weighted by Gasteiger charge is -2.30. The smallest absolute Gasteiger partial charge is 0.307 e. The molecule has 2 aromatic heterocycles. The van der Waals surface area contributed by atoms with E-state index in [4.69, 9.17) is 9.84 Å². The van der Waals surface area contributed by atoms with Gasteiger partial charge in [0.1, 0.15) is 11.6 Å². The number of carboxylic acids is 1. The molecule has 2 aliphatic rings. The predicted molar refractivity (Wildman–Crippen MR) is 135 cm³/mol. The molecule has 0 spiro atoms. The minimum Gasteiger partial charge on any atom is -0.493 e. The summed E-state index contributed by atoms with van der Waals surface area (Å²) in [6, 6.07) is 4.43. The van der Waals surface area contributed by atoms with Gasteiger partial charge in [0.25, 0.3) is 5.56 Å². The standard InChI is InChI=1S/C25H31N5O6S/c1-3-36-20-11-10-18(37(34,35)29-12-6-9-17(14-29)25(32)33)13-19(20)22-27-24(31)21-15(2)26-23(30(21)28-22)16-7-4-5-8-16/h10-11,13,16-17H,3-9,12,14H2,1-2H3,(H,32,33)(H,27,28,31). The molecule has 11 nitrogen and oxygen atoms in total. The molecule has 3 aromatic rings. The van der Waals surface area contributed by atoms with Crippen LogP contribution in [0.25, 0.3) is 16.9 Å². The number of sulfonamides is 1. The Balaban J connectivity index is 1.62. The Kier molecular flexibility index (Phi) is 6.80. The Hall–Kier alpha value is -3.25. The van der Waals surface area contributed by atoms with Crippen LogP contribution in [0.2, 0.25) is 0 Å². The number of carbonyl (C=O) groups is 1. The van der Waals surface area contributed by atoms with Gasteiger partial charge in [0.15, 0.2) is 11.3 Å². The number of H-pyrrole nitrogens is 1. The summed E-state index contributed by atoms with van der Waals surface area (Å²) < 4.78 is 35.6. The van der Waals surface area contributed by atoms with E-state index in [1.165, 1.54) is 16.4 Å². The summed E-state index contributed by atoms with van der Waals surface area (Å²) in [5.41, 5.74) is 0.940. The number of piperidine rings is 1. The lowest BCUT2D eigenvalue weighted by atomic mass is 10.0. The number of nitrogens with one attached hydrogen (secondary N) is 1. The van der Waals surface area contributed by atoms with Gasteiger partial charge in [0.05, 0.1) is 28.7 Å². The average molecular weight is 530 g/mol. The Morgan fingerprint density at radius 1 is 1.22 bits per heavy atom. The maximum atomic E-state index is 13.5. The number of hydrogen-bond acceptors (Lipinski definition) is 7. The Labute approximate surface area is 214 Å². The molecule has 3 heterocycles. The lowest BCUT2D eigenvalue weighted by molar-refractivity contribution is -0.142.